The summed E-state index contributed by atoms with van der Waals surface area (Å²) in [7, 11) is 0. The third-order valence-electron chi connectivity index (χ3n) is 3.53. The minimum Gasteiger partial charge on any atom is -0.337 e. The van der Waals surface area contributed by atoms with Crippen molar-refractivity contribution >= 4 is 12.2 Å². The Labute approximate surface area is 112 Å². The van der Waals surface area contributed by atoms with E-state index in [4.69, 9.17) is 12.2 Å². The third kappa shape index (κ3) is 2.40. The molecule has 0 unspecified atom stereocenters. The number of hydrogen-bond acceptors (Lipinski definition) is 2. The fourth-order valence-electron chi connectivity index (χ4n) is 2.51. The van der Waals surface area contributed by atoms with Crippen molar-refractivity contribution in [3.63, 3.8) is 0 Å². The molecule has 3 rings (SSSR count). The Bertz CT molecular complexity index is 570. The molecule has 1 aliphatic rings. The molecular weight excluding hydrogens is 242 g/mol. The first kappa shape index (κ1) is 11.7. The molecule has 0 saturated heterocycles. The first-order valence-electron chi connectivity index (χ1n) is 6.36. The van der Waals surface area contributed by atoms with Gasteiger partial charge in [-0.25, -0.2) is 0 Å². The summed E-state index contributed by atoms with van der Waals surface area (Å²) in [5.41, 5.74) is 2.71. The van der Waals surface area contributed by atoms with Gasteiger partial charge in [0.15, 0.2) is 4.77 Å². The van der Waals surface area contributed by atoms with Gasteiger partial charge in [-0.3, -0.25) is 4.90 Å². The summed E-state index contributed by atoms with van der Waals surface area (Å²) in [5.74, 6) is 0. The summed E-state index contributed by atoms with van der Waals surface area (Å²) < 4.78 is 3.08. The van der Waals surface area contributed by atoms with Gasteiger partial charge in [-0.1, -0.05) is 30.3 Å². The summed E-state index contributed by atoms with van der Waals surface area (Å²) in [6, 6.07) is 10.7. The Morgan fingerprint density at radius 3 is 2.78 bits per heavy atom. The lowest BCUT2D eigenvalue weighted by atomic mass is 10.2. The minimum atomic E-state index is 0.853. The molecule has 1 aromatic heterocycles. The highest BCUT2D eigenvalue weighted by Crippen LogP contribution is 2.12. The van der Waals surface area contributed by atoms with E-state index >= 15 is 0 Å². The fraction of sp³-hybridized carbons (Fsp3) is 0.357. The van der Waals surface area contributed by atoms with Gasteiger partial charge in [0.05, 0.1) is 0 Å². The molecule has 0 saturated carbocycles. The zero-order valence-corrected chi connectivity index (χ0v) is 11.1. The van der Waals surface area contributed by atoms with E-state index < -0.39 is 0 Å². The largest absolute Gasteiger partial charge is 0.337 e. The summed E-state index contributed by atoms with van der Waals surface area (Å²) >= 11 is 5.29. The molecule has 18 heavy (non-hydrogen) atoms. The van der Waals surface area contributed by atoms with E-state index in [-0.39, 0.29) is 0 Å². The van der Waals surface area contributed by atoms with Crippen LogP contribution in [0.2, 0.25) is 0 Å². The first-order valence-corrected chi connectivity index (χ1v) is 6.77. The van der Waals surface area contributed by atoms with Crippen LogP contribution in [0.5, 0.6) is 0 Å². The average molecular weight is 259 g/mol. The van der Waals surface area contributed by atoms with E-state index in [1.165, 1.54) is 11.3 Å². The zero-order chi connectivity index (χ0) is 12.4. The molecule has 2 aromatic rings. The molecule has 1 N–H and O–H groups in total. The second kappa shape index (κ2) is 5.08. The maximum absolute atomic E-state index is 5.29. The molecule has 0 radical (unpaired) electrons. The monoisotopic (exact) mass is 259 g/mol. The number of H-pyrrole nitrogens is 1. The molecule has 0 aliphatic carbocycles. The molecule has 1 aromatic carbocycles. The number of imidazole rings is 1. The van der Waals surface area contributed by atoms with Gasteiger partial charge in [-0.15, -0.1) is 0 Å². The van der Waals surface area contributed by atoms with Crippen LogP contribution < -0.4 is 0 Å². The lowest BCUT2D eigenvalue weighted by Crippen LogP contribution is -2.26. The molecule has 0 fully saturated rings. The van der Waals surface area contributed by atoms with Gasteiger partial charge in [0.25, 0.3) is 0 Å². The molecule has 0 spiro atoms. The Morgan fingerprint density at radius 1 is 1.11 bits per heavy atom. The number of rotatable bonds is 2. The summed E-state index contributed by atoms with van der Waals surface area (Å²) in [4.78, 5) is 5.63. The van der Waals surface area contributed by atoms with Crippen molar-refractivity contribution in [3.8, 4) is 0 Å². The lowest BCUT2D eigenvalue weighted by Gasteiger charge is -2.19. The van der Waals surface area contributed by atoms with E-state index in [1.54, 1.807) is 0 Å². The normalized spacial score (nSPS) is 16.2. The van der Waals surface area contributed by atoms with Crippen molar-refractivity contribution in [2.75, 3.05) is 13.1 Å². The highest BCUT2D eigenvalue weighted by Gasteiger charge is 2.14. The van der Waals surface area contributed by atoms with E-state index in [1.807, 2.05) is 6.20 Å². The Kier molecular flexibility index (Phi) is 3.30. The molecule has 0 atom stereocenters. The number of benzene rings is 1. The number of aromatic amines is 1. The highest BCUT2D eigenvalue weighted by molar-refractivity contribution is 7.71. The Morgan fingerprint density at radius 2 is 1.94 bits per heavy atom. The van der Waals surface area contributed by atoms with Gasteiger partial charge in [0.1, 0.15) is 0 Å². The molecule has 2 heterocycles. The van der Waals surface area contributed by atoms with Gasteiger partial charge in [-0.05, 0) is 17.8 Å². The van der Waals surface area contributed by atoms with Crippen molar-refractivity contribution in [2.45, 2.75) is 19.5 Å². The quantitative estimate of drug-likeness (QED) is 0.838. The molecule has 4 heteroatoms. The zero-order valence-electron chi connectivity index (χ0n) is 10.3. The lowest BCUT2D eigenvalue weighted by molar-refractivity contribution is 0.271. The van der Waals surface area contributed by atoms with Gasteiger partial charge in [-0.2, -0.15) is 0 Å². The summed E-state index contributed by atoms with van der Waals surface area (Å²) in [6.07, 6.45) is 3.12. The number of aromatic nitrogens is 2. The molecular formula is C14H17N3S. The van der Waals surface area contributed by atoms with Crippen LogP contribution in [0.1, 0.15) is 11.3 Å². The molecule has 1 aliphatic heterocycles. The van der Waals surface area contributed by atoms with Crippen molar-refractivity contribution in [2.24, 2.45) is 0 Å². The van der Waals surface area contributed by atoms with Crippen molar-refractivity contribution in [3.05, 3.63) is 52.6 Å². The second-order valence-electron chi connectivity index (χ2n) is 4.75. The SMILES string of the molecule is S=c1[nH]cc2n1CCN(Cc1ccccc1)CC2. The van der Waals surface area contributed by atoms with Crippen LogP contribution in [-0.4, -0.2) is 27.5 Å². The number of nitrogens with one attached hydrogen (secondary N) is 1. The summed E-state index contributed by atoms with van der Waals surface area (Å²) in [6.45, 7) is 4.18. The van der Waals surface area contributed by atoms with E-state index in [2.05, 4.69) is 44.8 Å². The van der Waals surface area contributed by atoms with Crippen LogP contribution >= 0.6 is 12.2 Å². The van der Waals surface area contributed by atoms with E-state index in [9.17, 15) is 0 Å². The van der Waals surface area contributed by atoms with Gasteiger partial charge in [0, 0.05) is 44.5 Å². The average Bonchev–Trinajstić information content (AvgIpc) is 2.63. The van der Waals surface area contributed by atoms with Gasteiger partial charge >= 0.3 is 0 Å². The topological polar surface area (TPSA) is 24.0 Å². The van der Waals surface area contributed by atoms with Crippen molar-refractivity contribution in [1.29, 1.82) is 0 Å². The maximum atomic E-state index is 5.29. The van der Waals surface area contributed by atoms with Crippen LogP contribution in [0, 0.1) is 4.77 Å². The predicted molar refractivity (Wildman–Crippen MR) is 75.0 cm³/mol. The smallest absolute Gasteiger partial charge is 0.177 e. The Balaban J connectivity index is 1.70. The molecule has 3 nitrogen and oxygen atoms in total. The fourth-order valence-corrected chi connectivity index (χ4v) is 2.78. The van der Waals surface area contributed by atoms with Crippen LogP contribution in [0.4, 0.5) is 0 Å². The number of nitrogens with zero attached hydrogens (tertiary/aromatic N) is 2. The van der Waals surface area contributed by atoms with Crippen molar-refractivity contribution < 1.29 is 0 Å². The van der Waals surface area contributed by atoms with Crippen LogP contribution in [0.15, 0.2) is 36.5 Å². The van der Waals surface area contributed by atoms with E-state index in [0.29, 0.717) is 0 Å². The predicted octanol–water partition coefficient (Wildman–Crippen LogP) is 2.60. The van der Waals surface area contributed by atoms with Gasteiger partial charge < -0.3 is 9.55 Å². The Hall–Kier alpha value is -1.39. The number of hydrogen-bond donors (Lipinski definition) is 1. The van der Waals surface area contributed by atoms with Crippen molar-refractivity contribution in [1.82, 2.24) is 14.5 Å². The van der Waals surface area contributed by atoms with Crippen LogP contribution in [0.3, 0.4) is 0 Å². The molecule has 0 amide bonds. The second-order valence-corrected chi connectivity index (χ2v) is 5.14. The number of fused-ring (bicyclic) bond motifs is 1. The maximum Gasteiger partial charge on any atom is 0.177 e. The third-order valence-corrected chi connectivity index (χ3v) is 3.87. The first-order chi connectivity index (χ1) is 8.83. The van der Waals surface area contributed by atoms with Crippen LogP contribution in [-0.2, 0) is 19.5 Å². The van der Waals surface area contributed by atoms with E-state index in [0.717, 1.165) is 37.4 Å². The molecule has 0 bridgehead atoms. The standard InChI is InChI=1S/C14H17N3S/c18-14-15-10-13-6-7-16(8-9-17(13)14)11-12-4-2-1-3-5-12/h1-5,10H,6-9,11H2,(H,15,18). The minimum absolute atomic E-state index is 0.853. The van der Waals surface area contributed by atoms with Gasteiger partial charge in [0.2, 0.25) is 0 Å². The summed E-state index contributed by atoms with van der Waals surface area (Å²) in [5, 5.41) is 0. The van der Waals surface area contributed by atoms with Crippen LogP contribution in [0.25, 0.3) is 0 Å². The highest BCUT2D eigenvalue weighted by atomic mass is 32.1. The molecule has 94 valence electrons.